The lowest BCUT2D eigenvalue weighted by Gasteiger charge is -2.09. The third-order valence-corrected chi connectivity index (χ3v) is 3.78. The number of halogens is 1. The molecule has 0 aromatic heterocycles. The highest BCUT2D eigenvalue weighted by Crippen LogP contribution is 2.27. The first kappa shape index (κ1) is 18.8. The molecule has 132 valence electrons. The predicted octanol–water partition coefficient (Wildman–Crippen LogP) is 3.63. The van der Waals surface area contributed by atoms with Crippen LogP contribution in [0.2, 0.25) is 0 Å². The summed E-state index contributed by atoms with van der Waals surface area (Å²) in [5.41, 5.74) is 3.65. The Balaban J connectivity index is 2.12. The number of hydrogen-bond acceptors (Lipinski definition) is 5. The van der Waals surface area contributed by atoms with Crippen molar-refractivity contribution in [2.24, 2.45) is 5.10 Å². The molecule has 25 heavy (non-hydrogen) atoms. The zero-order chi connectivity index (χ0) is 18.2. The van der Waals surface area contributed by atoms with E-state index in [0.29, 0.717) is 29.4 Å². The summed E-state index contributed by atoms with van der Waals surface area (Å²) in [4.78, 5) is 12.2. The number of ether oxygens (including phenoxy) is 3. The second-order valence-electron chi connectivity index (χ2n) is 4.88. The van der Waals surface area contributed by atoms with E-state index in [2.05, 4.69) is 26.5 Å². The molecule has 0 heterocycles. The Morgan fingerprint density at radius 1 is 1.12 bits per heavy atom. The second kappa shape index (κ2) is 9.08. The molecule has 7 heteroatoms. The lowest BCUT2D eigenvalue weighted by molar-refractivity contribution is 0.0954. The van der Waals surface area contributed by atoms with Crippen LogP contribution in [0.5, 0.6) is 17.2 Å². The van der Waals surface area contributed by atoms with Gasteiger partial charge in [0, 0.05) is 15.6 Å². The quantitative estimate of drug-likeness (QED) is 0.562. The van der Waals surface area contributed by atoms with Crippen LogP contribution >= 0.6 is 15.9 Å². The SMILES string of the molecule is CCOc1ccc(Br)cc1/C=N/NC(=O)c1ccc(OC)c(OC)c1. The number of carbonyl (C=O) groups is 1. The largest absolute Gasteiger partial charge is 0.493 e. The van der Waals surface area contributed by atoms with Crippen molar-refractivity contribution < 1.29 is 19.0 Å². The Labute approximate surface area is 154 Å². The number of hydrogen-bond donors (Lipinski definition) is 1. The molecule has 1 amide bonds. The molecular weight excluding hydrogens is 388 g/mol. The summed E-state index contributed by atoms with van der Waals surface area (Å²) in [6.07, 6.45) is 1.54. The molecule has 0 aliphatic carbocycles. The Morgan fingerprint density at radius 2 is 1.84 bits per heavy atom. The summed E-state index contributed by atoms with van der Waals surface area (Å²) in [6, 6.07) is 10.5. The van der Waals surface area contributed by atoms with Gasteiger partial charge in [0.25, 0.3) is 5.91 Å². The molecule has 0 bridgehead atoms. The number of carbonyl (C=O) groups excluding carboxylic acids is 1. The first-order valence-corrected chi connectivity index (χ1v) is 8.36. The number of hydrazone groups is 1. The Hall–Kier alpha value is -2.54. The van der Waals surface area contributed by atoms with Crippen molar-refractivity contribution in [1.82, 2.24) is 5.43 Å². The van der Waals surface area contributed by atoms with Gasteiger partial charge in [-0.2, -0.15) is 5.10 Å². The van der Waals surface area contributed by atoms with E-state index in [1.165, 1.54) is 20.4 Å². The molecule has 6 nitrogen and oxygen atoms in total. The van der Waals surface area contributed by atoms with Crippen LogP contribution in [0.3, 0.4) is 0 Å². The first-order chi connectivity index (χ1) is 12.1. The summed E-state index contributed by atoms with van der Waals surface area (Å²) in [5, 5.41) is 4.00. The smallest absolute Gasteiger partial charge is 0.271 e. The van der Waals surface area contributed by atoms with E-state index in [-0.39, 0.29) is 5.91 Å². The zero-order valence-electron chi connectivity index (χ0n) is 14.2. The average molecular weight is 407 g/mol. The number of rotatable bonds is 7. The lowest BCUT2D eigenvalue weighted by Crippen LogP contribution is -2.17. The molecule has 0 aliphatic rings. The van der Waals surface area contributed by atoms with Crippen molar-refractivity contribution in [3.05, 3.63) is 52.0 Å². The maximum absolute atomic E-state index is 12.2. The van der Waals surface area contributed by atoms with E-state index in [1.54, 1.807) is 18.2 Å². The van der Waals surface area contributed by atoms with Crippen LogP contribution in [-0.2, 0) is 0 Å². The van der Waals surface area contributed by atoms with Crippen molar-refractivity contribution in [3.8, 4) is 17.2 Å². The topological polar surface area (TPSA) is 69.2 Å². The highest BCUT2D eigenvalue weighted by Gasteiger charge is 2.10. The molecule has 0 spiro atoms. The van der Waals surface area contributed by atoms with Gasteiger partial charge >= 0.3 is 0 Å². The van der Waals surface area contributed by atoms with Crippen molar-refractivity contribution in [1.29, 1.82) is 0 Å². The molecule has 0 fully saturated rings. The van der Waals surface area contributed by atoms with Gasteiger partial charge < -0.3 is 14.2 Å². The van der Waals surface area contributed by atoms with Gasteiger partial charge in [0.15, 0.2) is 11.5 Å². The third-order valence-electron chi connectivity index (χ3n) is 3.29. The molecule has 2 rings (SSSR count). The minimum Gasteiger partial charge on any atom is -0.493 e. The van der Waals surface area contributed by atoms with Crippen molar-refractivity contribution in [2.75, 3.05) is 20.8 Å². The zero-order valence-corrected chi connectivity index (χ0v) is 15.8. The molecule has 0 saturated carbocycles. The minimum atomic E-state index is -0.356. The summed E-state index contributed by atoms with van der Waals surface area (Å²) in [5.74, 6) is 1.36. The summed E-state index contributed by atoms with van der Waals surface area (Å²) < 4.78 is 16.8. The number of nitrogens with zero attached hydrogens (tertiary/aromatic N) is 1. The van der Waals surface area contributed by atoms with Gasteiger partial charge in [-0.05, 0) is 43.3 Å². The second-order valence-corrected chi connectivity index (χ2v) is 5.80. The molecule has 0 saturated heterocycles. The van der Waals surface area contributed by atoms with Gasteiger partial charge in [0.1, 0.15) is 5.75 Å². The normalized spacial score (nSPS) is 10.6. The van der Waals surface area contributed by atoms with Crippen LogP contribution < -0.4 is 19.6 Å². The van der Waals surface area contributed by atoms with Gasteiger partial charge in [0.05, 0.1) is 27.0 Å². The molecule has 0 radical (unpaired) electrons. The van der Waals surface area contributed by atoms with Crippen molar-refractivity contribution in [2.45, 2.75) is 6.92 Å². The molecule has 1 N–H and O–H groups in total. The average Bonchev–Trinajstić information content (AvgIpc) is 2.63. The standard InChI is InChI=1S/C18H19BrN2O4/c1-4-25-15-8-6-14(19)9-13(15)11-20-21-18(22)12-5-7-16(23-2)17(10-12)24-3/h5-11H,4H2,1-3H3,(H,21,22)/b20-11+. The van der Waals surface area contributed by atoms with Gasteiger partial charge in [0.2, 0.25) is 0 Å². The molecular formula is C18H19BrN2O4. The summed E-state index contributed by atoms with van der Waals surface area (Å²) in [7, 11) is 3.05. The van der Waals surface area contributed by atoms with Crippen LogP contribution in [0.15, 0.2) is 46.0 Å². The van der Waals surface area contributed by atoms with Gasteiger partial charge in [-0.15, -0.1) is 0 Å². The number of nitrogens with one attached hydrogen (secondary N) is 1. The minimum absolute atomic E-state index is 0.356. The maximum atomic E-state index is 12.2. The van der Waals surface area contributed by atoms with Crippen LogP contribution in [0.1, 0.15) is 22.8 Å². The number of amides is 1. The molecule has 0 aliphatic heterocycles. The van der Waals surface area contributed by atoms with E-state index in [1.807, 2.05) is 25.1 Å². The number of methoxy groups -OCH3 is 2. The van der Waals surface area contributed by atoms with Crippen LogP contribution in [0, 0.1) is 0 Å². The van der Waals surface area contributed by atoms with Crippen molar-refractivity contribution in [3.63, 3.8) is 0 Å². The highest BCUT2D eigenvalue weighted by atomic mass is 79.9. The molecule has 0 unspecified atom stereocenters. The molecule has 2 aromatic rings. The lowest BCUT2D eigenvalue weighted by atomic mass is 10.2. The monoisotopic (exact) mass is 406 g/mol. The number of benzene rings is 2. The fourth-order valence-electron chi connectivity index (χ4n) is 2.11. The first-order valence-electron chi connectivity index (χ1n) is 7.56. The molecule has 2 aromatic carbocycles. The third kappa shape index (κ3) is 4.96. The van der Waals surface area contributed by atoms with E-state index in [4.69, 9.17) is 14.2 Å². The van der Waals surface area contributed by atoms with E-state index in [0.717, 1.165) is 10.0 Å². The van der Waals surface area contributed by atoms with Crippen LogP contribution in [0.4, 0.5) is 0 Å². The fourth-order valence-corrected chi connectivity index (χ4v) is 2.49. The van der Waals surface area contributed by atoms with Crippen molar-refractivity contribution >= 4 is 28.1 Å². The summed E-state index contributed by atoms with van der Waals surface area (Å²) in [6.45, 7) is 2.45. The summed E-state index contributed by atoms with van der Waals surface area (Å²) >= 11 is 3.40. The Morgan fingerprint density at radius 3 is 2.52 bits per heavy atom. The van der Waals surface area contributed by atoms with Gasteiger partial charge in [-0.1, -0.05) is 15.9 Å². The van der Waals surface area contributed by atoms with Gasteiger partial charge in [-0.3, -0.25) is 4.79 Å². The molecule has 0 atom stereocenters. The van der Waals surface area contributed by atoms with E-state index in [9.17, 15) is 4.79 Å². The van der Waals surface area contributed by atoms with Gasteiger partial charge in [-0.25, -0.2) is 5.43 Å². The Bertz CT molecular complexity index is 778. The highest BCUT2D eigenvalue weighted by molar-refractivity contribution is 9.10. The van der Waals surface area contributed by atoms with Crippen LogP contribution in [0.25, 0.3) is 0 Å². The van der Waals surface area contributed by atoms with Crippen LogP contribution in [-0.4, -0.2) is 32.9 Å². The predicted molar refractivity (Wildman–Crippen MR) is 99.9 cm³/mol. The van der Waals surface area contributed by atoms with E-state index < -0.39 is 0 Å². The fraction of sp³-hybridized carbons (Fsp3) is 0.222. The van der Waals surface area contributed by atoms with E-state index >= 15 is 0 Å². The maximum Gasteiger partial charge on any atom is 0.271 e. The Kier molecular flexibility index (Phi) is 6.82.